The van der Waals surface area contributed by atoms with Crippen LogP contribution in [0.4, 0.5) is 0 Å². The SMILES string of the molecule is O=C(Cc1cccs1)NCCC12CC3CC(CC(C3)C1)C2. The van der Waals surface area contributed by atoms with E-state index in [4.69, 9.17) is 0 Å². The Labute approximate surface area is 131 Å². The number of carbonyl (C=O) groups excluding carboxylic acids is 1. The minimum Gasteiger partial charge on any atom is -0.356 e. The predicted molar refractivity (Wildman–Crippen MR) is 86.3 cm³/mol. The Morgan fingerprint density at radius 3 is 2.43 bits per heavy atom. The highest BCUT2D eigenvalue weighted by Gasteiger charge is 2.50. The van der Waals surface area contributed by atoms with E-state index in [-0.39, 0.29) is 5.91 Å². The lowest BCUT2D eigenvalue weighted by Crippen LogP contribution is -2.47. The largest absolute Gasteiger partial charge is 0.356 e. The van der Waals surface area contributed by atoms with Crippen LogP contribution < -0.4 is 5.32 Å². The molecule has 21 heavy (non-hydrogen) atoms. The van der Waals surface area contributed by atoms with Gasteiger partial charge < -0.3 is 5.32 Å². The van der Waals surface area contributed by atoms with Crippen LogP contribution in [0.15, 0.2) is 17.5 Å². The first-order valence-electron chi connectivity index (χ1n) is 8.50. The smallest absolute Gasteiger partial charge is 0.225 e. The van der Waals surface area contributed by atoms with Gasteiger partial charge in [0.15, 0.2) is 0 Å². The van der Waals surface area contributed by atoms with Crippen LogP contribution in [0.25, 0.3) is 0 Å². The molecule has 0 aromatic carbocycles. The highest BCUT2D eigenvalue weighted by atomic mass is 32.1. The molecule has 5 rings (SSSR count). The second-order valence-electron chi connectivity index (χ2n) is 7.77. The van der Waals surface area contributed by atoms with Crippen LogP contribution in [0, 0.1) is 23.2 Å². The van der Waals surface area contributed by atoms with E-state index >= 15 is 0 Å². The maximum atomic E-state index is 12.0. The summed E-state index contributed by atoms with van der Waals surface area (Å²) in [5.41, 5.74) is 0.588. The van der Waals surface area contributed by atoms with E-state index in [1.807, 2.05) is 17.5 Å². The van der Waals surface area contributed by atoms with Gasteiger partial charge in [-0.1, -0.05) is 6.07 Å². The number of rotatable bonds is 5. The van der Waals surface area contributed by atoms with Crippen LogP contribution in [-0.4, -0.2) is 12.5 Å². The average molecular weight is 303 g/mol. The molecule has 114 valence electrons. The van der Waals surface area contributed by atoms with E-state index in [2.05, 4.69) is 5.32 Å². The summed E-state index contributed by atoms with van der Waals surface area (Å²) >= 11 is 1.67. The Kier molecular flexibility index (Phi) is 3.56. The molecule has 0 spiro atoms. The van der Waals surface area contributed by atoms with Crippen molar-refractivity contribution in [3.63, 3.8) is 0 Å². The molecule has 0 atom stereocenters. The van der Waals surface area contributed by atoms with Crippen LogP contribution in [0.1, 0.15) is 49.8 Å². The van der Waals surface area contributed by atoms with Gasteiger partial charge in [0.25, 0.3) is 0 Å². The molecule has 4 aliphatic carbocycles. The molecular weight excluding hydrogens is 278 g/mol. The number of thiophene rings is 1. The third-order valence-corrected chi connectivity index (χ3v) is 6.93. The molecule has 4 bridgehead atoms. The van der Waals surface area contributed by atoms with Gasteiger partial charge in [0.1, 0.15) is 0 Å². The fraction of sp³-hybridized carbons (Fsp3) is 0.722. The number of hydrogen-bond donors (Lipinski definition) is 1. The molecule has 4 aliphatic rings. The maximum absolute atomic E-state index is 12.0. The molecule has 1 N–H and O–H groups in total. The summed E-state index contributed by atoms with van der Waals surface area (Å²) < 4.78 is 0. The van der Waals surface area contributed by atoms with Crippen molar-refractivity contribution in [3.05, 3.63) is 22.4 Å². The monoisotopic (exact) mass is 303 g/mol. The van der Waals surface area contributed by atoms with Crippen LogP contribution in [-0.2, 0) is 11.2 Å². The highest BCUT2D eigenvalue weighted by molar-refractivity contribution is 7.10. The van der Waals surface area contributed by atoms with E-state index in [9.17, 15) is 4.79 Å². The van der Waals surface area contributed by atoms with E-state index in [1.54, 1.807) is 11.3 Å². The molecule has 1 aromatic heterocycles. The van der Waals surface area contributed by atoms with Crippen molar-refractivity contribution in [2.24, 2.45) is 23.2 Å². The number of carbonyl (C=O) groups is 1. The quantitative estimate of drug-likeness (QED) is 0.875. The molecular formula is C18H25NOS. The fourth-order valence-electron chi connectivity index (χ4n) is 5.70. The van der Waals surface area contributed by atoms with Gasteiger partial charge in [0, 0.05) is 11.4 Å². The molecule has 2 nitrogen and oxygen atoms in total. The Morgan fingerprint density at radius 1 is 1.19 bits per heavy atom. The lowest BCUT2D eigenvalue weighted by Gasteiger charge is -2.57. The van der Waals surface area contributed by atoms with Gasteiger partial charge in [-0.3, -0.25) is 4.79 Å². The van der Waals surface area contributed by atoms with Crippen molar-refractivity contribution < 1.29 is 4.79 Å². The van der Waals surface area contributed by atoms with E-state index in [0.717, 1.165) is 24.3 Å². The number of amides is 1. The van der Waals surface area contributed by atoms with E-state index < -0.39 is 0 Å². The molecule has 1 heterocycles. The molecule has 0 radical (unpaired) electrons. The normalized spacial score (nSPS) is 36.9. The molecule has 1 aromatic rings. The van der Waals surface area contributed by atoms with Gasteiger partial charge in [0.2, 0.25) is 5.91 Å². The van der Waals surface area contributed by atoms with Gasteiger partial charge in [-0.05, 0) is 79.6 Å². The maximum Gasteiger partial charge on any atom is 0.225 e. The molecule has 0 unspecified atom stereocenters. The van der Waals surface area contributed by atoms with Crippen molar-refractivity contribution in [3.8, 4) is 0 Å². The van der Waals surface area contributed by atoms with Gasteiger partial charge in [-0.25, -0.2) is 0 Å². The molecule has 4 saturated carbocycles. The first-order valence-corrected chi connectivity index (χ1v) is 9.38. The van der Waals surface area contributed by atoms with Gasteiger partial charge in [-0.15, -0.1) is 11.3 Å². The molecule has 0 saturated heterocycles. The van der Waals surface area contributed by atoms with Crippen LogP contribution in [0.2, 0.25) is 0 Å². The number of nitrogens with one attached hydrogen (secondary N) is 1. The molecule has 4 fully saturated rings. The van der Waals surface area contributed by atoms with Crippen molar-refractivity contribution in [1.82, 2.24) is 5.32 Å². The Morgan fingerprint density at radius 2 is 1.86 bits per heavy atom. The minimum absolute atomic E-state index is 0.196. The topological polar surface area (TPSA) is 29.1 Å². The summed E-state index contributed by atoms with van der Waals surface area (Å²) in [5.74, 6) is 3.23. The van der Waals surface area contributed by atoms with Gasteiger partial charge in [0.05, 0.1) is 6.42 Å². The zero-order valence-electron chi connectivity index (χ0n) is 12.6. The Bertz CT molecular complexity index is 472. The number of hydrogen-bond acceptors (Lipinski definition) is 2. The summed E-state index contributed by atoms with van der Waals surface area (Å²) in [5, 5.41) is 5.20. The zero-order chi connectivity index (χ0) is 14.3. The summed E-state index contributed by atoms with van der Waals surface area (Å²) in [6.07, 6.45) is 10.6. The molecule has 3 heteroatoms. The average Bonchev–Trinajstić information content (AvgIpc) is 2.89. The standard InChI is InChI=1S/C18H25NOS/c20-17(9-16-2-1-5-21-16)19-4-3-18-10-13-6-14(11-18)8-15(7-13)12-18/h1-2,5,13-15H,3-4,6-12H2,(H,19,20). The predicted octanol–water partition coefficient (Wildman–Crippen LogP) is 4.01. The summed E-state index contributed by atoms with van der Waals surface area (Å²) in [6, 6.07) is 4.06. The van der Waals surface area contributed by atoms with E-state index in [0.29, 0.717) is 11.8 Å². The van der Waals surface area contributed by atoms with Crippen molar-refractivity contribution in [1.29, 1.82) is 0 Å². The molecule has 1 amide bonds. The van der Waals surface area contributed by atoms with Crippen LogP contribution >= 0.6 is 11.3 Å². The Hall–Kier alpha value is -0.830. The molecule has 0 aliphatic heterocycles. The summed E-state index contributed by atoms with van der Waals surface area (Å²) in [4.78, 5) is 13.2. The van der Waals surface area contributed by atoms with Crippen molar-refractivity contribution in [2.45, 2.75) is 51.4 Å². The first kappa shape index (κ1) is 13.8. The lowest BCUT2D eigenvalue weighted by atomic mass is 9.49. The fourth-order valence-corrected chi connectivity index (χ4v) is 6.40. The minimum atomic E-state index is 0.196. The third kappa shape index (κ3) is 2.90. The lowest BCUT2D eigenvalue weighted by molar-refractivity contribution is -0.120. The van der Waals surface area contributed by atoms with E-state index in [1.165, 1.54) is 49.8 Å². The summed E-state index contributed by atoms with van der Waals surface area (Å²) in [7, 11) is 0. The first-order chi connectivity index (χ1) is 10.2. The third-order valence-electron chi connectivity index (χ3n) is 6.06. The van der Waals surface area contributed by atoms with Crippen LogP contribution in [0.5, 0.6) is 0 Å². The van der Waals surface area contributed by atoms with Crippen molar-refractivity contribution >= 4 is 17.2 Å². The second-order valence-corrected chi connectivity index (χ2v) is 8.81. The van der Waals surface area contributed by atoms with Gasteiger partial charge >= 0.3 is 0 Å². The second kappa shape index (κ2) is 5.42. The van der Waals surface area contributed by atoms with Crippen molar-refractivity contribution in [2.75, 3.05) is 6.54 Å². The summed E-state index contributed by atoms with van der Waals surface area (Å²) in [6.45, 7) is 0.885. The highest BCUT2D eigenvalue weighted by Crippen LogP contribution is 2.61. The zero-order valence-corrected chi connectivity index (χ0v) is 13.5. The van der Waals surface area contributed by atoms with Gasteiger partial charge in [-0.2, -0.15) is 0 Å². The van der Waals surface area contributed by atoms with Crippen LogP contribution in [0.3, 0.4) is 0 Å². The Balaban J connectivity index is 1.28.